The molecule has 1 fully saturated rings. The number of carbonyl (C=O) groups excluding carboxylic acids is 1. The zero-order chi connectivity index (χ0) is 23.5. The van der Waals surface area contributed by atoms with E-state index in [1.54, 1.807) is 24.4 Å². The number of carbonyl (C=O) groups is 1. The molecule has 9 nitrogen and oxygen atoms in total. The lowest BCUT2D eigenvalue weighted by Crippen LogP contribution is -2.46. The number of rotatable bonds is 5. The molecule has 1 aliphatic heterocycles. The van der Waals surface area contributed by atoms with E-state index in [0.29, 0.717) is 30.3 Å². The Bertz CT molecular complexity index is 1290. The van der Waals surface area contributed by atoms with E-state index in [2.05, 4.69) is 5.32 Å². The van der Waals surface area contributed by atoms with Crippen LogP contribution in [0.1, 0.15) is 30.7 Å². The molecule has 4 rings (SSSR count). The van der Waals surface area contributed by atoms with Crippen molar-refractivity contribution in [2.24, 2.45) is 0 Å². The average Bonchev–Trinajstić information content (AvgIpc) is 3.30. The lowest BCUT2D eigenvalue weighted by atomic mass is 10.1. The monoisotopic (exact) mass is 447 g/mol. The van der Waals surface area contributed by atoms with Gasteiger partial charge in [-0.05, 0) is 50.6 Å². The lowest BCUT2D eigenvalue weighted by Gasteiger charge is -2.36. The summed E-state index contributed by atoms with van der Waals surface area (Å²) in [5.74, 6) is 0.390. The van der Waals surface area contributed by atoms with Gasteiger partial charge < -0.3 is 19.4 Å². The van der Waals surface area contributed by atoms with Gasteiger partial charge >= 0.3 is 0 Å². The van der Waals surface area contributed by atoms with E-state index >= 15 is 0 Å². The predicted molar refractivity (Wildman–Crippen MR) is 123 cm³/mol. The van der Waals surface area contributed by atoms with Crippen LogP contribution in [0.15, 0.2) is 51.5 Å². The van der Waals surface area contributed by atoms with Crippen molar-refractivity contribution in [1.29, 1.82) is 5.26 Å². The minimum absolute atomic E-state index is 0.0604. The predicted octanol–water partition coefficient (Wildman–Crippen LogP) is 2.43. The van der Waals surface area contributed by atoms with Crippen LogP contribution in [0.4, 0.5) is 5.82 Å². The molecule has 1 saturated heterocycles. The number of nitrogens with zero attached hydrogens (tertiary/aromatic N) is 4. The van der Waals surface area contributed by atoms with Crippen molar-refractivity contribution < 1.29 is 13.9 Å². The molecule has 9 heteroatoms. The molecule has 3 aromatic rings. The van der Waals surface area contributed by atoms with Gasteiger partial charge in [-0.2, -0.15) is 5.26 Å². The van der Waals surface area contributed by atoms with Crippen LogP contribution in [0.2, 0.25) is 0 Å². The number of pyridine rings is 1. The number of nitrogens with one attached hydrogen (secondary N) is 1. The molecule has 3 aromatic heterocycles. The van der Waals surface area contributed by atoms with Crippen molar-refractivity contribution in [2.45, 2.75) is 39.5 Å². The van der Waals surface area contributed by atoms with Gasteiger partial charge in [0, 0.05) is 19.3 Å². The Labute approximate surface area is 190 Å². The van der Waals surface area contributed by atoms with E-state index < -0.39 is 5.91 Å². The molecular formula is C24H25N5O4. The number of morpholine rings is 1. The van der Waals surface area contributed by atoms with Crippen LogP contribution in [0.25, 0.3) is 11.7 Å². The summed E-state index contributed by atoms with van der Waals surface area (Å²) in [6, 6.07) is 8.99. The minimum atomic E-state index is -0.600. The van der Waals surface area contributed by atoms with Crippen molar-refractivity contribution in [1.82, 2.24) is 14.7 Å². The molecule has 2 unspecified atom stereocenters. The van der Waals surface area contributed by atoms with Crippen LogP contribution in [-0.2, 0) is 16.1 Å². The number of nitriles is 1. The van der Waals surface area contributed by atoms with E-state index in [1.807, 2.05) is 37.8 Å². The summed E-state index contributed by atoms with van der Waals surface area (Å²) >= 11 is 0. The number of aryl methyl sites for hydroxylation is 1. The highest BCUT2D eigenvalue weighted by molar-refractivity contribution is 6.02. The number of furan rings is 1. The van der Waals surface area contributed by atoms with Crippen molar-refractivity contribution in [3.63, 3.8) is 0 Å². The third-order valence-corrected chi connectivity index (χ3v) is 5.44. The molecule has 4 heterocycles. The second-order valence-electron chi connectivity index (χ2n) is 8.13. The highest BCUT2D eigenvalue weighted by atomic mass is 16.5. The summed E-state index contributed by atoms with van der Waals surface area (Å²) in [6.45, 7) is 7.00. The van der Waals surface area contributed by atoms with Gasteiger partial charge in [0.2, 0.25) is 0 Å². The molecule has 33 heavy (non-hydrogen) atoms. The van der Waals surface area contributed by atoms with E-state index in [4.69, 9.17) is 14.1 Å². The first-order chi connectivity index (χ1) is 15.9. The summed E-state index contributed by atoms with van der Waals surface area (Å²) in [7, 11) is 0. The number of hydrogen-bond donors (Lipinski definition) is 1. The third-order valence-electron chi connectivity index (χ3n) is 5.44. The first-order valence-corrected chi connectivity index (χ1v) is 10.7. The summed E-state index contributed by atoms with van der Waals surface area (Å²) in [5.41, 5.74) is 1.02. The summed E-state index contributed by atoms with van der Waals surface area (Å²) in [5, 5.41) is 12.3. The molecule has 0 aliphatic carbocycles. The van der Waals surface area contributed by atoms with Gasteiger partial charge in [-0.25, -0.2) is 4.98 Å². The standard InChI is InChI=1S/C24H25N5O4/c1-15-6-4-8-29-21(15)27-22(28-13-16(2)33-17(3)14-28)20(24(29)31)10-18(11-25)23(30)26-12-19-7-5-9-32-19/h4-10,16-17H,12-14H2,1-3H3,(H,26,30)/b18-10+. The van der Waals surface area contributed by atoms with Gasteiger partial charge in [0.05, 0.1) is 30.6 Å². The van der Waals surface area contributed by atoms with Gasteiger partial charge in [0.25, 0.3) is 11.5 Å². The van der Waals surface area contributed by atoms with Crippen LogP contribution >= 0.6 is 0 Å². The summed E-state index contributed by atoms with van der Waals surface area (Å²) in [4.78, 5) is 33.0. The molecule has 1 N–H and O–H groups in total. The second-order valence-corrected chi connectivity index (χ2v) is 8.13. The Morgan fingerprint density at radius 1 is 1.30 bits per heavy atom. The Kier molecular flexibility index (Phi) is 6.29. The lowest BCUT2D eigenvalue weighted by molar-refractivity contribution is -0.117. The Balaban J connectivity index is 1.80. The minimum Gasteiger partial charge on any atom is -0.467 e. The number of anilines is 1. The van der Waals surface area contributed by atoms with Gasteiger partial charge in [-0.1, -0.05) is 6.07 Å². The molecule has 2 atom stereocenters. The Hall–Kier alpha value is -3.90. The van der Waals surface area contributed by atoms with Crippen LogP contribution in [-0.4, -0.2) is 40.6 Å². The fourth-order valence-corrected chi connectivity index (χ4v) is 3.99. The zero-order valence-electron chi connectivity index (χ0n) is 18.7. The normalized spacial score (nSPS) is 18.8. The van der Waals surface area contributed by atoms with E-state index in [-0.39, 0.29) is 35.4 Å². The van der Waals surface area contributed by atoms with Crippen molar-refractivity contribution >= 4 is 23.4 Å². The molecule has 0 radical (unpaired) electrons. The quantitative estimate of drug-likeness (QED) is 0.472. The largest absolute Gasteiger partial charge is 0.467 e. The highest BCUT2D eigenvalue weighted by Crippen LogP contribution is 2.24. The smallest absolute Gasteiger partial charge is 0.267 e. The number of fused-ring (bicyclic) bond motifs is 1. The Morgan fingerprint density at radius 2 is 2.06 bits per heavy atom. The fourth-order valence-electron chi connectivity index (χ4n) is 3.99. The highest BCUT2D eigenvalue weighted by Gasteiger charge is 2.27. The molecular weight excluding hydrogens is 422 g/mol. The van der Waals surface area contributed by atoms with E-state index in [9.17, 15) is 14.9 Å². The van der Waals surface area contributed by atoms with E-state index in [0.717, 1.165) is 5.56 Å². The first-order valence-electron chi connectivity index (χ1n) is 10.7. The molecule has 0 aromatic carbocycles. The molecule has 1 aliphatic rings. The topological polar surface area (TPSA) is 113 Å². The molecule has 1 amide bonds. The van der Waals surface area contributed by atoms with Crippen LogP contribution in [0.5, 0.6) is 0 Å². The zero-order valence-corrected chi connectivity index (χ0v) is 18.7. The van der Waals surface area contributed by atoms with Crippen LogP contribution < -0.4 is 15.8 Å². The molecule has 170 valence electrons. The number of amides is 1. The Morgan fingerprint density at radius 3 is 2.73 bits per heavy atom. The first kappa shape index (κ1) is 22.3. The maximum absolute atomic E-state index is 13.5. The third kappa shape index (κ3) is 4.66. The maximum atomic E-state index is 13.5. The van der Waals surface area contributed by atoms with Crippen LogP contribution in [0, 0.1) is 18.3 Å². The summed E-state index contributed by atoms with van der Waals surface area (Å²) in [6.07, 6.45) is 4.33. The van der Waals surface area contributed by atoms with Gasteiger partial charge in [-0.3, -0.25) is 14.0 Å². The summed E-state index contributed by atoms with van der Waals surface area (Å²) < 4.78 is 12.5. The van der Waals surface area contributed by atoms with Crippen molar-refractivity contribution in [3.05, 3.63) is 69.5 Å². The SMILES string of the molecule is Cc1cccn2c(=O)c(/C=C(\C#N)C(=O)NCc3ccco3)c(N3CC(C)OC(C)C3)nc12. The number of ether oxygens (including phenoxy) is 1. The average molecular weight is 447 g/mol. The molecule has 0 spiro atoms. The number of aromatic nitrogens is 2. The van der Waals surface area contributed by atoms with Crippen LogP contribution in [0.3, 0.4) is 0 Å². The second kappa shape index (κ2) is 9.30. The van der Waals surface area contributed by atoms with Crippen molar-refractivity contribution in [3.8, 4) is 6.07 Å². The van der Waals surface area contributed by atoms with Gasteiger partial charge in [0.15, 0.2) is 0 Å². The van der Waals surface area contributed by atoms with Gasteiger partial charge in [-0.15, -0.1) is 0 Å². The van der Waals surface area contributed by atoms with E-state index in [1.165, 1.54) is 16.7 Å². The molecule has 0 bridgehead atoms. The maximum Gasteiger partial charge on any atom is 0.267 e. The van der Waals surface area contributed by atoms with Gasteiger partial charge in [0.1, 0.15) is 28.9 Å². The van der Waals surface area contributed by atoms with Crippen molar-refractivity contribution in [2.75, 3.05) is 18.0 Å². The number of hydrogen-bond acceptors (Lipinski definition) is 7. The fraction of sp³-hybridized carbons (Fsp3) is 0.333. The molecule has 0 saturated carbocycles.